The second-order valence-electron chi connectivity index (χ2n) is 4.41. The molecule has 0 saturated carbocycles. The van der Waals surface area contributed by atoms with Crippen LogP contribution in [0, 0.1) is 0 Å². The standard InChI is InChI=1S/C14H13F3N4O/c1-18-10-2-3-11(20-8-10)13(22)21-7-9-4-5-19-12(6-9)14(15,16)17/h2-6,8,18H,7H2,1H3,(H,21,22). The highest BCUT2D eigenvalue weighted by molar-refractivity contribution is 5.92. The lowest BCUT2D eigenvalue weighted by atomic mass is 10.2. The zero-order valence-corrected chi connectivity index (χ0v) is 11.6. The van der Waals surface area contributed by atoms with E-state index in [9.17, 15) is 18.0 Å². The number of aromatic nitrogens is 2. The van der Waals surface area contributed by atoms with E-state index in [0.29, 0.717) is 5.56 Å². The van der Waals surface area contributed by atoms with Crippen molar-refractivity contribution in [3.05, 3.63) is 53.6 Å². The van der Waals surface area contributed by atoms with Gasteiger partial charge in [-0.1, -0.05) is 0 Å². The summed E-state index contributed by atoms with van der Waals surface area (Å²) in [6.07, 6.45) is -1.96. The second-order valence-corrected chi connectivity index (χ2v) is 4.41. The molecular formula is C14H13F3N4O. The monoisotopic (exact) mass is 310 g/mol. The van der Waals surface area contributed by atoms with Gasteiger partial charge in [0.25, 0.3) is 5.91 Å². The van der Waals surface area contributed by atoms with E-state index in [-0.39, 0.29) is 12.2 Å². The molecule has 0 aliphatic carbocycles. The smallest absolute Gasteiger partial charge is 0.387 e. The largest absolute Gasteiger partial charge is 0.433 e. The Morgan fingerprint density at radius 3 is 2.59 bits per heavy atom. The van der Waals surface area contributed by atoms with E-state index >= 15 is 0 Å². The van der Waals surface area contributed by atoms with Crippen LogP contribution in [0.15, 0.2) is 36.7 Å². The van der Waals surface area contributed by atoms with Gasteiger partial charge in [0.2, 0.25) is 0 Å². The van der Waals surface area contributed by atoms with Crippen LogP contribution in [0.25, 0.3) is 0 Å². The number of carbonyl (C=O) groups is 1. The average molecular weight is 310 g/mol. The van der Waals surface area contributed by atoms with Gasteiger partial charge >= 0.3 is 6.18 Å². The molecule has 116 valence electrons. The Kier molecular flexibility index (Phi) is 4.59. The summed E-state index contributed by atoms with van der Waals surface area (Å²) in [7, 11) is 1.72. The molecular weight excluding hydrogens is 297 g/mol. The quantitative estimate of drug-likeness (QED) is 0.910. The van der Waals surface area contributed by atoms with Crippen LogP contribution in [0.5, 0.6) is 0 Å². The maximum Gasteiger partial charge on any atom is 0.433 e. The Morgan fingerprint density at radius 1 is 1.23 bits per heavy atom. The number of hydrogen-bond donors (Lipinski definition) is 2. The van der Waals surface area contributed by atoms with Gasteiger partial charge in [-0.25, -0.2) is 4.98 Å². The van der Waals surface area contributed by atoms with Gasteiger partial charge in [0.1, 0.15) is 11.4 Å². The summed E-state index contributed by atoms with van der Waals surface area (Å²) in [5, 5.41) is 5.38. The van der Waals surface area contributed by atoms with E-state index in [2.05, 4.69) is 20.6 Å². The van der Waals surface area contributed by atoms with Crippen molar-refractivity contribution in [2.75, 3.05) is 12.4 Å². The number of pyridine rings is 2. The molecule has 1 amide bonds. The summed E-state index contributed by atoms with van der Waals surface area (Å²) in [4.78, 5) is 19.1. The maximum absolute atomic E-state index is 12.5. The number of alkyl halides is 3. The first kappa shape index (κ1) is 15.7. The zero-order valence-electron chi connectivity index (χ0n) is 11.6. The summed E-state index contributed by atoms with van der Waals surface area (Å²) in [6, 6.07) is 5.51. The Labute approximate surface area is 124 Å². The molecule has 0 unspecified atom stereocenters. The Balaban J connectivity index is 2.01. The van der Waals surface area contributed by atoms with Gasteiger partial charge in [0.05, 0.1) is 11.9 Å². The zero-order chi connectivity index (χ0) is 16.2. The van der Waals surface area contributed by atoms with Crippen molar-refractivity contribution < 1.29 is 18.0 Å². The number of hydrogen-bond acceptors (Lipinski definition) is 4. The molecule has 2 rings (SSSR count). The molecule has 0 spiro atoms. The van der Waals surface area contributed by atoms with Crippen molar-refractivity contribution in [3.8, 4) is 0 Å². The van der Waals surface area contributed by atoms with Crippen LogP contribution in [0.3, 0.4) is 0 Å². The predicted molar refractivity (Wildman–Crippen MR) is 74.2 cm³/mol. The van der Waals surface area contributed by atoms with Gasteiger partial charge in [-0.05, 0) is 29.8 Å². The lowest BCUT2D eigenvalue weighted by Crippen LogP contribution is -2.24. The molecule has 0 fully saturated rings. The van der Waals surface area contributed by atoms with E-state index in [1.54, 1.807) is 13.1 Å². The van der Waals surface area contributed by atoms with Crippen LogP contribution < -0.4 is 10.6 Å². The third kappa shape index (κ3) is 3.94. The summed E-state index contributed by atoms with van der Waals surface area (Å²) in [5.41, 5.74) is 0.253. The SMILES string of the molecule is CNc1ccc(C(=O)NCc2ccnc(C(F)(F)F)c2)nc1. The highest BCUT2D eigenvalue weighted by atomic mass is 19.4. The minimum absolute atomic E-state index is 0.0418. The third-order valence-corrected chi connectivity index (χ3v) is 2.85. The lowest BCUT2D eigenvalue weighted by Gasteiger charge is -2.09. The molecule has 5 nitrogen and oxygen atoms in total. The molecule has 22 heavy (non-hydrogen) atoms. The Hall–Kier alpha value is -2.64. The second kappa shape index (κ2) is 6.42. The summed E-state index contributed by atoms with van der Waals surface area (Å²) >= 11 is 0. The predicted octanol–water partition coefficient (Wildman–Crippen LogP) is 2.47. The van der Waals surface area contributed by atoms with Gasteiger partial charge in [0, 0.05) is 19.8 Å². The first-order valence-corrected chi connectivity index (χ1v) is 6.34. The highest BCUT2D eigenvalue weighted by Gasteiger charge is 2.32. The maximum atomic E-state index is 12.5. The normalized spacial score (nSPS) is 11.1. The van der Waals surface area contributed by atoms with Crippen LogP contribution in [-0.4, -0.2) is 22.9 Å². The van der Waals surface area contributed by atoms with Gasteiger partial charge in [-0.2, -0.15) is 13.2 Å². The molecule has 8 heteroatoms. The average Bonchev–Trinajstić information content (AvgIpc) is 2.52. The molecule has 0 aliphatic heterocycles. The van der Waals surface area contributed by atoms with Crippen LogP contribution in [0.1, 0.15) is 21.7 Å². The fraction of sp³-hybridized carbons (Fsp3) is 0.214. The molecule has 2 aromatic heterocycles. The van der Waals surface area contributed by atoms with E-state index in [4.69, 9.17) is 0 Å². The molecule has 2 N–H and O–H groups in total. The van der Waals surface area contributed by atoms with E-state index in [0.717, 1.165) is 18.0 Å². The van der Waals surface area contributed by atoms with Crippen molar-refractivity contribution in [1.29, 1.82) is 0 Å². The Morgan fingerprint density at radius 2 is 2.00 bits per heavy atom. The molecule has 0 bridgehead atoms. The van der Waals surface area contributed by atoms with Crippen LogP contribution in [-0.2, 0) is 12.7 Å². The van der Waals surface area contributed by atoms with Crippen LogP contribution in [0.4, 0.5) is 18.9 Å². The highest BCUT2D eigenvalue weighted by Crippen LogP contribution is 2.27. The van der Waals surface area contributed by atoms with Crippen molar-refractivity contribution in [3.63, 3.8) is 0 Å². The topological polar surface area (TPSA) is 66.9 Å². The van der Waals surface area contributed by atoms with Crippen LogP contribution >= 0.6 is 0 Å². The molecule has 0 saturated heterocycles. The fourth-order valence-corrected chi connectivity index (χ4v) is 1.69. The molecule has 0 atom stereocenters. The number of nitrogens with zero attached hydrogens (tertiary/aromatic N) is 2. The van der Waals surface area contributed by atoms with E-state index in [1.807, 2.05) is 0 Å². The first-order chi connectivity index (χ1) is 10.4. The summed E-state index contributed by atoms with van der Waals surface area (Å²) in [5.74, 6) is -0.465. The van der Waals surface area contributed by atoms with Gasteiger partial charge in [-0.15, -0.1) is 0 Å². The summed E-state index contributed by atoms with van der Waals surface area (Å²) < 4.78 is 37.6. The third-order valence-electron chi connectivity index (χ3n) is 2.85. The van der Waals surface area contributed by atoms with Gasteiger partial charge < -0.3 is 10.6 Å². The van der Waals surface area contributed by atoms with Gasteiger partial charge in [0.15, 0.2) is 0 Å². The van der Waals surface area contributed by atoms with Gasteiger partial charge in [-0.3, -0.25) is 9.78 Å². The summed E-state index contributed by atoms with van der Waals surface area (Å²) in [6.45, 7) is -0.0418. The minimum atomic E-state index is -4.51. The van der Waals surface area contributed by atoms with E-state index < -0.39 is 17.8 Å². The fourth-order valence-electron chi connectivity index (χ4n) is 1.69. The lowest BCUT2D eigenvalue weighted by molar-refractivity contribution is -0.141. The first-order valence-electron chi connectivity index (χ1n) is 6.34. The van der Waals surface area contributed by atoms with Crippen molar-refractivity contribution in [1.82, 2.24) is 15.3 Å². The number of rotatable bonds is 4. The Bertz CT molecular complexity index is 656. The van der Waals surface area contributed by atoms with E-state index in [1.165, 1.54) is 18.3 Å². The number of carbonyl (C=O) groups excluding carboxylic acids is 1. The number of halogens is 3. The van der Waals surface area contributed by atoms with Crippen molar-refractivity contribution in [2.24, 2.45) is 0 Å². The molecule has 0 radical (unpaired) electrons. The molecule has 0 aliphatic rings. The number of anilines is 1. The van der Waals surface area contributed by atoms with Crippen molar-refractivity contribution >= 4 is 11.6 Å². The molecule has 0 aromatic carbocycles. The minimum Gasteiger partial charge on any atom is -0.387 e. The number of amides is 1. The molecule has 2 aromatic rings. The van der Waals surface area contributed by atoms with Crippen LogP contribution in [0.2, 0.25) is 0 Å². The number of nitrogens with one attached hydrogen (secondary N) is 2. The molecule has 2 heterocycles. The van der Waals surface area contributed by atoms with Crippen molar-refractivity contribution in [2.45, 2.75) is 12.7 Å².